The van der Waals surface area contributed by atoms with E-state index in [4.69, 9.17) is 10.00 Å². The van der Waals surface area contributed by atoms with E-state index in [2.05, 4.69) is 5.32 Å². The number of nitriles is 1. The molecule has 2 aromatic rings. The molecular formula is C17H18N4O5. The molecule has 9 heteroatoms. The van der Waals surface area contributed by atoms with Crippen LogP contribution in [0.2, 0.25) is 0 Å². The highest BCUT2D eigenvalue weighted by Crippen LogP contribution is 2.15. The van der Waals surface area contributed by atoms with Gasteiger partial charge in [-0.25, -0.2) is 4.79 Å². The van der Waals surface area contributed by atoms with Crippen molar-refractivity contribution in [3.05, 3.63) is 56.9 Å². The molecule has 1 aromatic heterocycles. The topological polar surface area (TPSA) is 126 Å². The molecule has 136 valence electrons. The van der Waals surface area contributed by atoms with Crippen molar-refractivity contribution >= 4 is 11.6 Å². The standard InChI is InChI=1S/C17H18N4O5/c1-11(22)19-13-3-5-15(6-4-13)26-10-14(23)9-21-16(24)12(7-18)8-20(2)17(21)25/h3-6,8,14,23H,9-10H2,1-2H3,(H,19,22). The van der Waals surface area contributed by atoms with Crippen molar-refractivity contribution in [3.63, 3.8) is 0 Å². The number of amides is 1. The van der Waals surface area contributed by atoms with Crippen molar-refractivity contribution in [2.24, 2.45) is 7.05 Å². The predicted molar refractivity (Wildman–Crippen MR) is 92.9 cm³/mol. The van der Waals surface area contributed by atoms with Crippen LogP contribution in [0.3, 0.4) is 0 Å². The zero-order valence-electron chi connectivity index (χ0n) is 14.3. The van der Waals surface area contributed by atoms with Crippen LogP contribution in [0, 0.1) is 11.3 Å². The Morgan fingerprint density at radius 1 is 1.35 bits per heavy atom. The minimum Gasteiger partial charge on any atom is -0.491 e. The number of aryl methyl sites for hydroxylation is 1. The van der Waals surface area contributed by atoms with Gasteiger partial charge in [-0.05, 0) is 24.3 Å². The van der Waals surface area contributed by atoms with Crippen molar-refractivity contribution in [2.45, 2.75) is 19.6 Å². The minimum atomic E-state index is -1.13. The Balaban J connectivity index is 2.04. The van der Waals surface area contributed by atoms with Gasteiger partial charge in [-0.3, -0.25) is 14.2 Å². The minimum absolute atomic E-state index is 0.161. The normalized spacial score (nSPS) is 11.5. The largest absolute Gasteiger partial charge is 0.491 e. The number of aliphatic hydroxyl groups is 1. The molecule has 0 spiro atoms. The monoisotopic (exact) mass is 358 g/mol. The zero-order chi connectivity index (χ0) is 19.3. The van der Waals surface area contributed by atoms with Gasteiger partial charge in [0, 0.05) is 25.9 Å². The van der Waals surface area contributed by atoms with Gasteiger partial charge in [-0.1, -0.05) is 0 Å². The third-order valence-electron chi connectivity index (χ3n) is 3.46. The quantitative estimate of drug-likeness (QED) is 0.737. The van der Waals surface area contributed by atoms with E-state index in [1.54, 1.807) is 30.3 Å². The van der Waals surface area contributed by atoms with Crippen LogP contribution in [-0.2, 0) is 18.4 Å². The molecule has 0 saturated carbocycles. The molecule has 1 heterocycles. The third kappa shape index (κ3) is 4.58. The predicted octanol–water partition coefficient (Wildman–Crippen LogP) is -0.183. The fraction of sp³-hybridized carbons (Fsp3) is 0.294. The smallest absolute Gasteiger partial charge is 0.330 e. The Morgan fingerprint density at radius 3 is 2.58 bits per heavy atom. The Kier molecular flexibility index (Phi) is 5.93. The van der Waals surface area contributed by atoms with Crippen molar-refractivity contribution in [1.29, 1.82) is 5.26 Å². The van der Waals surface area contributed by atoms with Crippen molar-refractivity contribution in [3.8, 4) is 11.8 Å². The maximum Gasteiger partial charge on any atom is 0.330 e. The molecule has 0 aliphatic carbocycles. The van der Waals surface area contributed by atoms with Gasteiger partial charge in [-0.2, -0.15) is 5.26 Å². The summed E-state index contributed by atoms with van der Waals surface area (Å²) in [4.78, 5) is 35.0. The molecule has 1 unspecified atom stereocenters. The number of carbonyl (C=O) groups is 1. The summed E-state index contributed by atoms with van der Waals surface area (Å²) >= 11 is 0. The number of benzene rings is 1. The summed E-state index contributed by atoms with van der Waals surface area (Å²) in [5, 5.41) is 21.6. The summed E-state index contributed by atoms with van der Waals surface area (Å²) in [6.07, 6.45) is 0.0186. The third-order valence-corrected chi connectivity index (χ3v) is 3.46. The Labute approximate surface area is 148 Å². The SMILES string of the molecule is CC(=O)Nc1ccc(OCC(O)Cn2c(=O)c(C#N)cn(C)c2=O)cc1. The van der Waals surface area contributed by atoms with E-state index in [1.165, 1.54) is 14.0 Å². The molecule has 2 rings (SSSR count). The van der Waals surface area contributed by atoms with Gasteiger partial charge in [0.15, 0.2) is 0 Å². The van der Waals surface area contributed by atoms with Crippen LogP contribution in [0.1, 0.15) is 12.5 Å². The molecule has 0 radical (unpaired) electrons. The van der Waals surface area contributed by atoms with E-state index < -0.39 is 17.4 Å². The summed E-state index contributed by atoms with van der Waals surface area (Å²) in [6, 6.07) is 8.22. The molecule has 0 aliphatic rings. The van der Waals surface area contributed by atoms with Crippen LogP contribution in [0.25, 0.3) is 0 Å². The summed E-state index contributed by atoms with van der Waals surface area (Å²) in [7, 11) is 1.42. The lowest BCUT2D eigenvalue weighted by Gasteiger charge is -2.14. The van der Waals surface area contributed by atoms with Gasteiger partial charge in [0.25, 0.3) is 5.56 Å². The van der Waals surface area contributed by atoms with E-state index in [0.29, 0.717) is 11.4 Å². The highest BCUT2D eigenvalue weighted by Gasteiger charge is 2.14. The number of aromatic nitrogens is 2. The summed E-state index contributed by atoms with van der Waals surface area (Å²) in [5.74, 6) is 0.255. The summed E-state index contributed by atoms with van der Waals surface area (Å²) in [5.41, 5.74) is -0.968. The lowest BCUT2D eigenvalue weighted by Crippen LogP contribution is -2.43. The van der Waals surface area contributed by atoms with E-state index in [1.807, 2.05) is 0 Å². The van der Waals surface area contributed by atoms with Gasteiger partial charge < -0.3 is 19.7 Å². The number of nitrogens with zero attached hydrogens (tertiary/aromatic N) is 3. The number of hydrogen-bond donors (Lipinski definition) is 2. The Morgan fingerprint density at radius 2 is 2.00 bits per heavy atom. The van der Waals surface area contributed by atoms with Crippen LogP contribution in [0.5, 0.6) is 5.75 Å². The van der Waals surface area contributed by atoms with E-state index in [0.717, 1.165) is 15.3 Å². The number of carbonyl (C=O) groups excluding carboxylic acids is 1. The first-order chi connectivity index (χ1) is 12.3. The number of hydrogen-bond acceptors (Lipinski definition) is 6. The molecule has 1 atom stereocenters. The van der Waals surface area contributed by atoms with Crippen LogP contribution in [0.4, 0.5) is 5.69 Å². The molecule has 9 nitrogen and oxygen atoms in total. The van der Waals surface area contributed by atoms with Crippen LogP contribution < -0.4 is 21.3 Å². The lowest BCUT2D eigenvalue weighted by atomic mass is 10.3. The average molecular weight is 358 g/mol. The molecule has 1 amide bonds. The van der Waals surface area contributed by atoms with Crippen LogP contribution >= 0.6 is 0 Å². The average Bonchev–Trinajstić information content (AvgIpc) is 2.60. The summed E-state index contributed by atoms with van der Waals surface area (Å²) < 4.78 is 7.32. The Hall–Kier alpha value is -3.38. The van der Waals surface area contributed by atoms with E-state index in [9.17, 15) is 19.5 Å². The molecule has 2 N–H and O–H groups in total. The van der Waals surface area contributed by atoms with E-state index in [-0.39, 0.29) is 24.6 Å². The number of aliphatic hydroxyl groups excluding tert-OH is 1. The number of rotatable bonds is 6. The maximum atomic E-state index is 12.0. The fourth-order valence-corrected chi connectivity index (χ4v) is 2.26. The molecule has 0 saturated heterocycles. The second-order valence-corrected chi connectivity index (χ2v) is 5.63. The highest BCUT2D eigenvalue weighted by atomic mass is 16.5. The van der Waals surface area contributed by atoms with Gasteiger partial charge >= 0.3 is 5.69 Å². The molecule has 1 aromatic carbocycles. The second kappa shape index (κ2) is 8.13. The summed E-state index contributed by atoms with van der Waals surface area (Å²) in [6.45, 7) is 0.936. The van der Waals surface area contributed by atoms with Gasteiger partial charge in [-0.15, -0.1) is 0 Å². The first-order valence-corrected chi connectivity index (χ1v) is 7.71. The first kappa shape index (κ1) is 19.0. The molecule has 0 fully saturated rings. The number of nitrogens with one attached hydrogen (secondary N) is 1. The molecule has 0 bridgehead atoms. The maximum absolute atomic E-state index is 12.0. The second-order valence-electron chi connectivity index (χ2n) is 5.63. The van der Waals surface area contributed by atoms with Gasteiger partial charge in [0.1, 0.15) is 30.1 Å². The molecule has 26 heavy (non-hydrogen) atoms. The van der Waals surface area contributed by atoms with Gasteiger partial charge in [0.05, 0.1) is 6.54 Å². The van der Waals surface area contributed by atoms with Crippen LogP contribution in [0.15, 0.2) is 40.1 Å². The fourth-order valence-electron chi connectivity index (χ4n) is 2.26. The number of ether oxygens (including phenoxy) is 1. The van der Waals surface area contributed by atoms with Crippen molar-refractivity contribution in [2.75, 3.05) is 11.9 Å². The number of anilines is 1. The lowest BCUT2D eigenvalue weighted by molar-refractivity contribution is -0.114. The molecule has 0 aliphatic heterocycles. The van der Waals surface area contributed by atoms with E-state index >= 15 is 0 Å². The molecular weight excluding hydrogens is 340 g/mol. The zero-order valence-corrected chi connectivity index (χ0v) is 14.3. The Bertz CT molecular complexity index is 953. The van der Waals surface area contributed by atoms with Crippen LogP contribution in [-0.4, -0.2) is 32.9 Å². The van der Waals surface area contributed by atoms with Crippen molar-refractivity contribution in [1.82, 2.24) is 9.13 Å². The van der Waals surface area contributed by atoms with Gasteiger partial charge in [0.2, 0.25) is 5.91 Å². The van der Waals surface area contributed by atoms with Crippen molar-refractivity contribution < 1.29 is 14.6 Å². The first-order valence-electron chi connectivity index (χ1n) is 7.71. The highest BCUT2D eigenvalue weighted by molar-refractivity contribution is 5.88.